The molecule has 0 amide bonds. The summed E-state index contributed by atoms with van der Waals surface area (Å²) in [7, 11) is 1.61. The maximum absolute atomic E-state index is 9.17. The lowest BCUT2D eigenvalue weighted by molar-refractivity contribution is -0.0429. The number of hydrogen-bond acceptors (Lipinski definition) is 2. The number of aliphatic hydroxyl groups excluding tert-OH is 1. The highest BCUT2D eigenvalue weighted by molar-refractivity contribution is 6.31. The van der Waals surface area contributed by atoms with Gasteiger partial charge in [0, 0.05) is 12.1 Å². The van der Waals surface area contributed by atoms with E-state index < -0.39 is 5.60 Å². The highest BCUT2D eigenvalue weighted by Gasteiger charge is 2.22. The van der Waals surface area contributed by atoms with Gasteiger partial charge in [0.15, 0.2) is 0 Å². The molecule has 1 atom stereocenters. The molecule has 0 aromatic heterocycles. The Bertz CT molecular complexity index is 308. The summed E-state index contributed by atoms with van der Waals surface area (Å²) in [6, 6.07) is 7.74. The normalized spacial score (nSPS) is 14.9. The zero-order chi connectivity index (χ0) is 11.3. The number of aliphatic hydroxyl groups is 1. The molecule has 0 bridgehead atoms. The predicted molar refractivity (Wildman–Crippen MR) is 62.3 cm³/mol. The number of halogens is 1. The van der Waals surface area contributed by atoms with Gasteiger partial charge in [0.25, 0.3) is 0 Å². The van der Waals surface area contributed by atoms with Crippen LogP contribution >= 0.6 is 11.6 Å². The van der Waals surface area contributed by atoms with Gasteiger partial charge in [-0.2, -0.15) is 0 Å². The number of aryl methyl sites for hydroxylation is 1. The van der Waals surface area contributed by atoms with Crippen LogP contribution in [0.3, 0.4) is 0 Å². The van der Waals surface area contributed by atoms with Crippen LogP contribution in [0, 0.1) is 0 Å². The van der Waals surface area contributed by atoms with E-state index in [9.17, 15) is 5.11 Å². The van der Waals surface area contributed by atoms with Crippen LogP contribution in [0.4, 0.5) is 0 Å². The summed E-state index contributed by atoms with van der Waals surface area (Å²) in [5.74, 6) is 0. The van der Waals surface area contributed by atoms with Crippen molar-refractivity contribution < 1.29 is 9.84 Å². The molecule has 1 aromatic carbocycles. The molecule has 15 heavy (non-hydrogen) atoms. The highest BCUT2D eigenvalue weighted by Crippen LogP contribution is 2.21. The average Bonchev–Trinajstić information content (AvgIpc) is 2.28. The van der Waals surface area contributed by atoms with Crippen LogP contribution in [0.25, 0.3) is 0 Å². The van der Waals surface area contributed by atoms with Gasteiger partial charge in [-0.05, 0) is 31.4 Å². The molecule has 2 nitrogen and oxygen atoms in total. The number of methoxy groups -OCH3 is 1. The molecule has 0 fully saturated rings. The SMILES string of the molecule is COC(C)(CO)CCc1ccccc1Cl. The van der Waals surface area contributed by atoms with Crippen LogP contribution < -0.4 is 0 Å². The third-order valence-electron chi connectivity index (χ3n) is 2.71. The molecule has 0 saturated carbocycles. The van der Waals surface area contributed by atoms with E-state index in [1.807, 2.05) is 31.2 Å². The third-order valence-corrected chi connectivity index (χ3v) is 3.08. The Balaban J connectivity index is 2.61. The van der Waals surface area contributed by atoms with Crippen molar-refractivity contribution in [3.8, 4) is 0 Å². The smallest absolute Gasteiger partial charge is 0.0883 e. The summed E-state index contributed by atoms with van der Waals surface area (Å²) in [5.41, 5.74) is 0.620. The van der Waals surface area contributed by atoms with E-state index in [-0.39, 0.29) is 6.61 Å². The van der Waals surface area contributed by atoms with Crippen LogP contribution in [0.1, 0.15) is 18.9 Å². The van der Waals surface area contributed by atoms with Crippen molar-refractivity contribution in [1.29, 1.82) is 0 Å². The lowest BCUT2D eigenvalue weighted by Crippen LogP contribution is -2.32. The molecular formula is C12H17ClO2. The third kappa shape index (κ3) is 3.49. The molecule has 1 aromatic rings. The van der Waals surface area contributed by atoms with Crippen LogP contribution in [0.2, 0.25) is 5.02 Å². The number of hydrogen-bond donors (Lipinski definition) is 1. The van der Waals surface area contributed by atoms with E-state index >= 15 is 0 Å². The fraction of sp³-hybridized carbons (Fsp3) is 0.500. The highest BCUT2D eigenvalue weighted by atomic mass is 35.5. The van der Waals surface area contributed by atoms with Gasteiger partial charge in [-0.25, -0.2) is 0 Å². The minimum absolute atomic E-state index is 0.0218. The Kier molecular flexibility index (Phi) is 4.58. The first-order chi connectivity index (χ1) is 7.11. The predicted octanol–water partition coefficient (Wildman–Crippen LogP) is 2.67. The topological polar surface area (TPSA) is 29.5 Å². The molecule has 0 aliphatic heterocycles. The maximum Gasteiger partial charge on any atom is 0.0883 e. The Morgan fingerprint density at radius 1 is 1.40 bits per heavy atom. The van der Waals surface area contributed by atoms with Crippen molar-refractivity contribution in [2.24, 2.45) is 0 Å². The summed E-state index contributed by atoms with van der Waals surface area (Å²) < 4.78 is 5.26. The minimum atomic E-state index is -0.473. The second kappa shape index (κ2) is 5.50. The standard InChI is InChI=1S/C12H17ClO2/c1-12(9-14,15-2)8-7-10-5-3-4-6-11(10)13/h3-6,14H,7-9H2,1-2H3. The molecule has 84 valence electrons. The van der Waals surface area contributed by atoms with Crippen molar-refractivity contribution >= 4 is 11.6 Å². The van der Waals surface area contributed by atoms with Gasteiger partial charge in [-0.15, -0.1) is 0 Å². The van der Waals surface area contributed by atoms with Crippen molar-refractivity contribution in [3.05, 3.63) is 34.9 Å². The van der Waals surface area contributed by atoms with E-state index in [1.54, 1.807) is 7.11 Å². The molecule has 1 unspecified atom stereocenters. The Labute approximate surface area is 95.8 Å². The fourth-order valence-corrected chi connectivity index (χ4v) is 1.58. The number of rotatable bonds is 5. The first kappa shape index (κ1) is 12.5. The first-order valence-corrected chi connectivity index (χ1v) is 5.38. The van der Waals surface area contributed by atoms with Gasteiger partial charge in [0.05, 0.1) is 12.2 Å². The second-order valence-corrected chi connectivity index (χ2v) is 4.31. The van der Waals surface area contributed by atoms with Crippen LogP contribution in [0.5, 0.6) is 0 Å². The van der Waals surface area contributed by atoms with Crippen LogP contribution in [-0.2, 0) is 11.2 Å². The molecule has 0 spiro atoms. The minimum Gasteiger partial charge on any atom is -0.393 e. The lowest BCUT2D eigenvalue weighted by atomic mass is 9.97. The summed E-state index contributed by atoms with van der Waals surface area (Å²) in [4.78, 5) is 0. The monoisotopic (exact) mass is 228 g/mol. The van der Waals surface area contributed by atoms with Crippen molar-refractivity contribution in [2.75, 3.05) is 13.7 Å². The Hall–Kier alpha value is -0.570. The van der Waals surface area contributed by atoms with Gasteiger partial charge in [-0.3, -0.25) is 0 Å². The van der Waals surface area contributed by atoms with Crippen molar-refractivity contribution in [3.63, 3.8) is 0 Å². The summed E-state index contributed by atoms with van der Waals surface area (Å²) in [6.45, 7) is 1.91. The zero-order valence-corrected chi connectivity index (χ0v) is 9.92. The molecule has 0 radical (unpaired) electrons. The molecule has 0 saturated heterocycles. The lowest BCUT2D eigenvalue weighted by Gasteiger charge is -2.25. The first-order valence-electron chi connectivity index (χ1n) is 5.01. The fourth-order valence-electron chi connectivity index (χ4n) is 1.35. The molecule has 0 heterocycles. The number of ether oxygens (including phenoxy) is 1. The molecule has 0 aliphatic carbocycles. The van der Waals surface area contributed by atoms with E-state index in [4.69, 9.17) is 16.3 Å². The average molecular weight is 229 g/mol. The van der Waals surface area contributed by atoms with E-state index in [0.717, 1.165) is 23.4 Å². The molecule has 1 rings (SSSR count). The summed E-state index contributed by atoms with van der Waals surface area (Å²) in [5, 5.41) is 9.95. The van der Waals surface area contributed by atoms with Crippen molar-refractivity contribution in [2.45, 2.75) is 25.4 Å². The molecule has 0 aliphatic rings. The second-order valence-electron chi connectivity index (χ2n) is 3.90. The summed E-state index contributed by atoms with van der Waals surface area (Å²) in [6.07, 6.45) is 1.56. The Morgan fingerprint density at radius 2 is 2.07 bits per heavy atom. The van der Waals surface area contributed by atoms with Crippen LogP contribution in [-0.4, -0.2) is 24.4 Å². The van der Waals surface area contributed by atoms with E-state index in [2.05, 4.69) is 0 Å². The molecule has 1 N–H and O–H groups in total. The van der Waals surface area contributed by atoms with E-state index in [1.165, 1.54) is 0 Å². The number of benzene rings is 1. The zero-order valence-electron chi connectivity index (χ0n) is 9.16. The quantitative estimate of drug-likeness (QED) is 0.840. The Morgan fingerprint density at radius 3 is 2.60 bits per heavy atom. The van der Waals surface area contributed by atoms with Crippen LogP contribution in [0.15, 0.2) is 24.3 Å². The largest absolute Gasteiger partial charge is 0.393 e. The van der Waals surface area contributed by atoms with E-state index in [0.29, 0.717) is 0 Å². The van der Waals surface area contributed by atoms with Gasteiger partial charge >= 0.3 is 0 Å². The maximum atomic E-state index is 9.17. The molecule has 3 heteroatoms. The van der Waals surface area contributed by atoms with Gasteiger partial charge < -0.3 is 9.84 Å². The van der Waals surface area contributed by atoms with Gasteiger partial charge in [-0.1, -0.05) is 29.8 Å². The van der Waals surface area contributed by atoms with Gasteiger partial charge in [0.1, 0.15) is 0 Å². The molecular weight excluding hydrogens is 212 g/mol. The summed E-state index contributed by atoms with van der Waals surface area (Å²) >= 11 is 6.04. The van der Waals surface area contributed by atoms with Gasteiger partial charge in [0.2, 0.25) is 0 Å². The van der Waals surface area contributed by atoms with Crippen molar-refractivity contribution in [1.82, 2.24) is 0 Å².